The van der Waals surface area contributed by atoms with E-state index in [0.29, 0.717) is 29.0 Å². The number of esters is 1. The third-order valence-electron chi connectivity index (χ3n) is 3.88. The van der Waals surface area contributed by atoms with Gasteiger partial charge in [-0.1, -0.05) is 58.4 Å². The molecule has 0 atom stereocenters. The molecule has 126 valence electrons. The SMILES string of the molecule is CCCC(=N)c1cc(C(C)(C)C)ccc1C(=O)Oc1ccccc1. The summed E-state index contributed by atoms with van der Waals surface area (Å²) >= 11 is 0. The molecule has 0 fully saturated rings. The summed E-state index contributed by atoms with van der Waals surface area (Å²) in [4.78, 5) is 12.6. The van der Waals surface area contributed by atoms with E-state index in [-0.39, 0.29) is 5.41 Å². The van der Waals surface area contributed by atoms with Crippen LogP contribution in [-0.4, -0.2) is 11.7 Å². The first kappa shape index (κ1) is 17.9. The van der Waals surface area contributed by atoms with Crippen LogP contribution >= 0.6 is 0 Å². The van der Waals surface area contributed by atoms with E-state index in [2.05, 4.69) is 20.8 Å². The lowest BCUT2D eigenvalue weighted by Crippen LogP contribution is -2.18. The minimum Gasteiger partial charge on any atom is -0.423 e. The fourth-order valence-corrected chi connectivity index (χ4v) is 2.47. The monoisotopic (exact) mass is 323 g/mol. The molecule has 0 unspecified atom stereocenters. The fraction of sp³-hybridized carbons (Fsp3) is 0.333. The van der Waals surface area contributed by atoms with Crippen molar-refractivity contribution < 1.29 is 9.53 Å². The van der Waals surface area contributed by atoms with Gasteiger partial charge >= 0.3 is 5.97 Å². The molecule has 2 aromatic carbocycles. The number of hydrogen-bond donors (Lipinski definition) is 1. The number of rotatable bonds is 5. The largest absolute Gasteiger partial charge is 0.423 e. The summed E-state index contributed by atoms with van der Waals surface area (Å²) in [5.41, 5.74) is 2.66. The van der Waals surface area contributed by atoms with Crippen LogP contribution in [0.2, 0.25) is 0 Å². The van der Waals surface area contributed by atoms with E-state index in [1.807, 2.05) is 37.3 Å². The summed E-state index contributed by atoms with van der Waals surface area (Å²) in [7, 11) is 0. The molecule has 0 aromatic heterocycles. The topological polar surface area (TPSA) is 50.2 Å². The first-order chi connectivity index (χ1) is 11.3. The number of ether oxygens (including phenoxy) is 1. The molecule has 24 heavy (non-hydrogen) atoms. The molecule has 0 bridgehead atoms. The minimum absolute atomic E-state index is 0.0386. The van der Waals surface area contributed by atoms with E-state index in [4.69, 9.17) is 10.1 Å². The summed E-state index contributed by atoms with van der Waals surface area (Å²) < 4.78 is 5.46. The second kappa shape index (κ2) is 7.43. The summed E-state index contributed by atoms with van der Waals surface area (Å²) in [5.74, 6) is 0.0906. The minimum atomic E-state index is -0.419. The molecule has 2 aromatic rings. The van der Waals surface area contributed by atoms with Crippen molar-refractivity contribution in [1.82, 2.24) is 0 Å². The molecule has 0 amide bonds. The predicted octanol–water partition coefficient (Wildman–Crippen LogP) is 5.37. The van der Waals surface area contributed by atoms with E-state index < -0.39 is 5.97 Å². The molecule has 3 heteroatoms. The maximum absolute atomic E-state index is 12.6. The van der Waals surface area contributed by atoms with Gasteiger partial charge in [0, 0.05) is 11.3 Å². The van der Waals surface area contributed by atoms with Crippen LogP contribution < -0.4 is 4.74 Å². The van der Waals surface area contributed by atoms with Gasteiger partial charge in [0.25, 0.3) is 0 Å². The molecule has 2 rings (SSSR count). The Bertz CT molecular complexity index is 727. The molecular weight excluding hydrogens is 298 g/mol. The highest BCUT2D eigenvalue weighted by Gasteiger charge is 2.21. The molecule has 0 saturated carbocycles. The standard InChI is InChI=1S/C21H25NO2/c1-5-9-19(22)18-14-15(21(2,3)4)12-13-17(18)20(23)24-16-10-7-6-8-11-16/h6-8,10-14,22H,5,9H2,1-4H3. The van der Waals surface area contributed by atoms with Crippen molar-refractivity contribution >= 4 is 11.7 Å². The fourth-order valence-electron chi connectivity index (χ4n) is 2.47. The van der Waals surface area contributed by atoms with Crippen molar-refractivity contribution in [2.75, 3.05) is 0 Å². The van der Waals surface area contributed by atoms with Gasteiger partial charge in [-0.2, -0.15) is 0 Å². The van der Waals surface area contributed by atoms with Crippen molar-refractivity contribution in [3.8, 4) is 5.75 Å². The van der Waals surface area contributed by atoms with Gasteiger partial charge in [0.2, 0.25) is 0 Å². The van der Waals surface area contributed by atoms with Gasteiger partial charge < -0.3 is 10.1 Å². The maximum Gasteiger partial charge on any atom is 0.344 e. The third kappa shape index (κ3) is 4.31. The van der Waals surface area contributed by atoms with Crippen LogP contribution in [0, 0.1) is 5.41 Å². The number of para-hydroxylation sites is 1. The Labute approximate surface area is 144 Å². The van der Waals surface area contributed by atoms with Crippen LogP contribution in [0.15, 0.2) is 48.5 Å². The lowest BCUT2D eigenvalue weighted by molar-refractivity contribution is 0.0734. The molecule has 0 saturated heterocycles. The van der Waals surface area contributed by atoms with Gasteiger partial charge in [-0.15, -0.1) is 0 Å². The highest BCUT2D eigenvalue weighted by atomic mass is 16.5. The van der Waals surface area contributed by atoms with Crippen LogP contribution in [0.3, 0.4) is 0 Å². The van der Waals surface area contributed by atoms with E-state index in [1.54, 1.807) is 18.2 Å². The zero-order valence-electron chi connectivity index (χ0n) is 14.8. The summed E-state index contributed by atoms with van der Waals surface area (Å²) in [6, 6.07) is 14.7. The third-order valence-corrected chi connectivity index (χ3v) is 3.88. The average molecular weight is 323 g/mol. The van der Waals surface area contributed by atoms with E-state index in [9.17, 15) is 4.79 Å². The predicted molar refractivity (Wildman–Crippen MR) is 98.3 cm³/mol. The maximum atomic E-state index is 12.6. The van der Waals surface area contributed by atoms with Gasteiger partial charge in [-0.3, -0.25) is 0 Å². The van der Waals surface area contributed by atoms with Gasteiger partial charge in [0.15, 0.2) is 0 Å². The Hall–Kier alpha value is -2.42. The Kier molecular flexibility index (Phi) is 5.55. The molecule has 0 radical (unpaired) electrons. The van der Waals surface area contributed by atoms with Crippen molar-refractivity contribution in [3.05, 3.63) is 65.2 Å². The smallest absolute Gasteiger partial charge is 0.344 e. The second-order valence-corrected chi connectivity index (χ2v) is 6.94. The number of nitrogens with one attached hydrogen (secondary N) is 1. The Morgan fingerprint density at radius 1 is 1.04 bits per heavy atom. The van der Waals surface area contributed by atoms with Crippen LogP contribution in [0.1, 0.15) is 62.0 Å². The zero-order valence-corrected chi connectivity index (χ0v) is 14.8. The number of carbonyl (C=O) groups is 1. The molecule has 1 N–H and O–H groups in total. The summed E-state index contributed by atoms with van der Waals surface area (Å²) in [6.07, 6.45) is 1.50. The molecule has 0 aliphatic rings. The van der Waals surface area contributed by atoms with E-state index in [1.165, 1.54) is 0 Å². The summed E-state index contributed by atoms with van der Waals surface area (Å²) in [5, 5.41) is 8.34. The van der Waals surface area contributed by atoms with Crippen molar-refractivity contribution in [1.29, 1.82) is 5.41 Å². The molecule has 0 aliphatic heterocycles. The molecule has 0 spiro atoms. The van der Waals surface area contributed by atoms with Crippen molar-refractivity contribution in [3.63, 3.8) is 0 Å². The zero-order chi connectivity index (χ0) is 17.7. The Morgan fingerprint density at radius 3 is 2.29 bits per heavy atom. The van der Waals surface area contributed by atoms with Crippen LogP contribution in [-0.2, 0) is 5.41 Å². The highest BCUT2D eigenvalue weighted by Crippen LogP contribution is 2.26. The lowest BCUT2D eigenvalue weighted by atomic mass is 9.84. The first-order valence-corrected chi connectivity index (χ1v) is 8.32. The molecule has 3 nitrogen and oxygen atoms in total. The quantitative estimate of drug-likeness (QED) is 0.457. The van der Waals surface area contributed by atoms with Crippen LogP contribution in [0.25, 0.3) is 0 Å². The molecular formula is C21H25NO2. The van der Waals surface area contributed by atoms with Crippen molar-refractivity contribution in [2.24, 2.45) is 0 Å². The van der Waals surface area contributed by atoms with Gasteiger partial charge in [-0.25, -0.2) is 4.79 Å². The van der Waals surface area contributed by atoms with Crippen LogP contribution in [0.5, 0.6) is 5.75 Å². The Balaban J connectivity index is 2.40. The molecule has 0 heterocycles. The average Bonchev–Trinajstić information content (AvgIpc) is 2.54. The van der Waals surface area contributed by atoms with Crippen LogP contribution in [0.4, 0.5) is 0 Å². The van der Waals surface area contributed by atoms with Crippen molar-refractivity contribution in [2.45, 2.75) is 46.0 Å². The number of benzene rings is 2. The van der Waals surface area contributed by atoms with Gasteiger partial charge in [0.1, 0.15) is 5.75 Å². The Morgan fingerprint density at radius 2 is 1.71 bits per heavy atom. The van der Waals surface area contributed by atoms with E-state index in [0.717, 1.165) is 12.0 Å². The number of hydrogen-bond acceptors (Lipinski definition) is 3. The van der Waals surface area contributed by atoms with E-state index >= 15 is 0 Å². The molecule has 0 aliphatic carbocycles. The summed E-state index contributed by atoms with van der Waals surface area (Å²) in [6.45, 7) is 8.40. The highest BCUT2D eigenvalue weighted by molar-refractivity contribution is 6.08. The normalized spacial score (nSPS) is 11.2. The first-order valence-electron chi connectivity index (χ1n) is 8.32. The van der Waals surface area contributed by atoms with Gasteiger partial charge in [-0.05, 0) is 41.7 Å². The second-order valence-electron chi connectivity index (χ2n) is 6.94. The van der Waals surface area contributed by atoms with Gasteiger partial charge in [0.05, 0.1) is 5.56 Å². The lowest BCUT2D eigenvalue weighted by Gasteiger charge is -2.21. The number of carbonyl (C=O) groups excluding carboxylic acids is 1.